The number of nitro groups is 1. The Bertz CT molecular complexity index is 1050. The molecule has 156 valence electrons. The topological polar surface area (TPSA) is 125 Å². The van der Waals surface area contributed by atoms with E-state index in [2.05, 4.69) is 15.3 Å². The Morgan fingerprint density at radius 1 is 1.28 bits per heavy atom. The molecule has 0 bridgehead atoms. The fraction of sp³-hybridized carbons (Fsp3) is 0.444. The van der Waals surface area contributed by atoms with Crippen molar-refractivity contribution in [3.63, 3.8) is 0 Å². The number of benzene rings is 1. The average molecular weight is 421 g/mol. The Morgan fingerprint density at radius 2 is 1.90 bits per heavy atom. The van der Waals surface area contributed by atoms with E-state index >= 15 is 0 Å². The molecule has 0 aliphatic carbocycles. The second-order valence-corrected chi connectivity index (χ2v) is 7.36. The van der Waals surface area contributed by atoms with Crippen molar-refractivity contribution in [2.24, 2.45) is 5.10 Å². The molecule has 0 aliphatic rings. The Morgan fingerprint density at radius 3 is 2.45 bits per heavy atom. The lowest BCUT2D eigenvalue weighted by Gasteiger charge is -2.16. The number of hydrogen-bond acceptors (Lipinski definition) is 8. The van der Waals surface area contributed by atoms with Crippen LogP contribution in [0.5, 0.6) is 11.5 Å². The maximum absolute atomic E-state index is 12.7. The summed E-state index contributed by atoms with van der Waals surface area (Å²) < 4.78 is 11.9. The standard InChI is InChI=1S/C18H23N5O5S/c1-6-27-13-9-14(28-7-2)12(23(25)26)8-11(13)10-19-22-16(24)15(18(3,4)5)20-21-17(22)29/h8-10H,6-7H2,1-5H3,(H,21,29)/b19-10-. The highest BCUT2D eigenvalue weighted by Crippen LogP contribution is 2.34. The highest BCUT2D eigenvalue weighted by atomic mass is 32.1. The van der Waals surface area contributed by atoms with Gasteiger partial charge in [-0.1, -0.05) is 20.8 Å². The zero-order chi connectivity index (χ0) is 21.8. The molecule has 0 unspecified atom stereocenters. The molecular formula is C18H23N5O5S. The van der Waals surface area contributed by atoms with Crippen LogP contribution in [0.1, 0.15) is 45.9 Å². The van der Waals surface area contributed by atoms with Crippen LogP contribution < -0.4 is 15.0 Å². The number of nitro benzene ring substituents is 1. The second kappa shape index (κ2) is 8.95. The van der Waals surface area contributed by atoms with Crippen molar-refractivity contribution >= 4 is 24.1 Å². The van der Waals surface area contributed by atoms with E-state index < -0.39 is 15.9 Å². The van der Waals surface area contributed by atoms with E-state index in [1.165, 1.54) is 18.3 Å². The van der Waals surface area contributed by atoms with E-state index in [-0.39, 0.29) is 28.5 Å². The predicted molar refractivity (Wildman–Crippen MR) is 111 cm³/mol. The van der Waals surface area contributed by atoms with Crippen molar-refractivity contribution in [2.45, 2.75) is 40.0 Å². The summed E-state index contributed by atoms with van der Waals surface area (Å²) in [5, 5.41) is 22.2. The minimum Gasteiger partial charge on any atom is -0.493 e. The van der Waals surface area contributed by atoms with Crippen molar-refractivity contribution < 1.29 is 14.4 Å². The molecule has 2 aromatic rings. The van der Waals surface area contributed by atoms with Crippen molar-refractivity contribution in [3.8, 4) is 11.5 Å². The molecule has 0 spiro atoms. The summed E-state index contributed by atoms with van der Waals surface area (Å²) in [7, 11) is 0. The van der Waals surface area contributed by atoms with Crippen LogP contribution in [0, 0.1) is 14.9 Å². The fourth-order valence-electron chi connectivity index (χ4n) is 2.47. The average Bonchev–Trinajstić information content (AvgIpc) is 2.62. The molecule has 1 aromatic carbocycles. The van der Waals surface area contributed by atoms with E-state index in [9.17, 15) is 14.9 Å². The summed E-state index contributed by atoms with van der Waals surface area (Å²) in [6, 6.07) is 2.71. The Balaban J connectivity index is 2.63. The predicted octanol–water partition coefficient (Wildman–Crippen LogP) is 3.19. The van der Waals surface area contributed by atoms with Crippen LogP contribution in [0.25, 0.3) is 0 Å². The maximum atomic E-state index is 12.7. The van der Waals surface area contributed by atoms with Gasteiger partial charge in [0.05, 0.1) is 24.4 Å². The first-order valence-electron chi connectivity index (χ1n) is 8.94. The van der Waals surface area contributed by atoms with Crippen LogP contribution in [0.15, 0.2) is 22.0 Å². The number of aromatic nitrogens is 3. The smallest absolute Gasteiger partial charge is 0.311 e. The fourth-order valence-corrected chi connectivity index (χ4v) is 2.64. The number of nitrogens with zero attached hydrogens (tertiary/aromatic N) is 4. The first-order chi connectivity index (χ1) is 13.6. The summed E-state index contributed by atoms with van der Waals surface area (Å²) in [6.07, 6.45) is 1.28. The van der Waals surface area contributed by atoms with Gasteiger partial charge in [0.25, 0.3) is 5.56 Å². The molecule has 1 aromatic heterocycles. The van der Waals surface area contributed by atoms with Gasteiger partial charge in [-0.25, -0.2) is 0 Å². The second-order valence-electron chi connectivity index (χ2n) is 6.97. The SMILES string of the molecule is CCOc1cc(OCC)c([N+](=O)[O-])cc1/C=N\n1c(=S)[nH]nc(C(C)(C)C)c1=O. The number of aromatic amines is 1. The minimum atomic E-state index is -0.555. The van der Waals surface area contributed by atoms with Gasteiger partial charge >= 0.3 is 5.69 Å². The lowest BCUT2D eigenvalue weighted by atomic mass is 9.93. The number of ether oxygens (including phenoxy) is 2. The molecule has 0 amide bonds. The van der Waals surface area contributed by atoms with Crippen LogP contribution >= 0.6 is 12.2 Å². The molecule has 0 radical (unpaired) electrons. The van der Waals surface area contributed by atoms with Gasteiger partial charge in [0.15, 0.2) is 0 Å². The van der Waals surface area contributed by atoms with Gasteiger partial charge in [0.1, 0.15) is 11.4 Å². The summed E-state index contributed by atoms with van der Waals surface area (Å²) >= 11 is 5.12. The van der Waals surface area contributed by atoms with Crippen LogP contribution in [-0.4, -0.2) is 39.2 Å². The number of H-pyrrole nitrogens is 1. The van der Waals surface area contributed by atoms with E-state index in [1.807, 2.05) is 20.8 Å². The molecule has 1 N–H and O–H groups in total. The third-order valence-electron chi connectivity index (χ3n) is 3.76. The highest BCUT2D eigenvalue weighted by Gasteiger charge is 2.22. The Kier molecular flexibility index (Phi) is 6.85. The summed E-state index contributed by atoms with van der Waals surface area (Å²) in [5.74, 6) is 0.421. The van der Waals surface area contributed by atoms with E-state index in [0.29, 0.717) is 17.9 Å². The maximum Gasteiger partial charge on any atom is 0.311 e. The first kappa shape index (κ1) is 22.2. The number of rotatable bonds is 7. The summed E-state index contributed by atoms with van der Waals surface area (Å²) in [5.41, 5.74) is -0.680. The van der Waals surface area contributed by atoms with Crippen molar-refractivity contribution in [1.82, 2.24) is 14.9 Å². The van der Waals surface area contributed by atoms with Gasteiger partial charge in [0.2, 0.25) is 10.5 Å². The molecule has 29 heavy (non-hydrogen) atoms. The zero-order valence-corrected chi connectivity index (χ0v) is 17.7. The number of hydrogen-bond donors (Lipinski definition) is 1. The molecule has 0 saturated carbocycles. The molecule has 0 aliphatic heterocycles. The van der Waals surface area contributed by atoms with Crippen LogP contribution in [0.3, 0.4) is 0 Å². The Labute approximate surface area is 172 Å². The van der Waals surface area contributed by atoms with Gasteiger partial charge in [-0.05, 0) is 26.1 Å². The van der Waals surface area contributed by atoms with Crippen molar-refractivity contribution in [3.05, 3.63) is 48.6 Å². The summed E-state index contributed by atoms with van der Waals surface area (Å²) in [6.45, 7) is 9.61. The Hall–Kier alpha value is -3.08. The molecule has 0 fully saturated rings. The van der Waals surface area contributed by atoms with Gasteiger partial charge in [-0.2, -0.15) is 14.9 Å². The van der Waals surface area contributed by atoms with Crippen LogP contribution in [0.2, 0.25) is 0 Å². The normalized spacial score (nSPS) is 11.6. The highest BCUT2D eigenvalue weighted by molar-refractivity contribution is 7.71. The largest absolute Gasteiger partial charge is 0.493 e. The lowest BCUT2D eigenvalue weighted by molar-refractivity contribution is -0.385. The number of nitrogens with one attached hydrogen (secondary N) is 1. The quantitative estimate of drug-likeness (QED) is 0.315. The molecule has 1 heterocycles. The van der Waals surface area contributed by atoms with Gasteiger partial charge in [-0.15, -0.1) is 0 Å². The van der Waals surface area contributed by atoms with E-state index in [4.69, 9.17) is 21.7 Å². The van der Waals surface area contributed by atoms with Crippen LogP contribution in [0.4, 0.5) is 5.69 Å². The van der Waals surface area contributed by atoms with E-state index in [1.54, 1.807) is 13.8 Å². The molecular weight excluding hydrogens is 398 g/mol. The molecule has 0 saturated heterocycles. The van der Waals surface area contributed by atoms with Crippen molar-refractivity contribution in [1.29, 1.82) is 0 Å². The summed E-state index contributed by atoms with van der Waals surface area (Å²) in [4.78, 5) is 23.6. The van der Waals surface area contributed by atoms with Gasteiger partial charge in [0, 0.05) is 23.1 Å². The third kappa shape index (κ3) is 5.05. The van der Waals surface area contributed by atoms with Gasteiger partial charge < -0.3 is 9.47 Å². The molecule has 2 rings (SSSR count). The first-order valence-corrected chi connectivity index (χ1v) is 9.35. The third-order valence-corrected chi connectivity index (χ3v) is 4.03. The van der Waals surface area contributed by atoms with E-state index in [0.717, 1.165) is 4.68 Å². The van der Waals surface area contributed by atoms with Crippen LogP contribution in [-0.2, 0) is 5.41 Å². The van der Waals surface area contributed by atoms with Gasteiger partial charge in [-0.3, -0.25) is 20.0 Å². The molecule has 10 nitrogen and oxygen atoms in total. The van der Waals surface area contributed by atoms with Crippen molar-refractivity contribution in [2.75, 3.05) is 13.2 Å². The zero-order valence-electron chi connectivity index (χ0n) is 16.9. The molecule has 0 atom stereocenters. The molecule has 11 heteroatoms. The minimum absolute atomic E-state index is 0.00218. The monoisotopic (exact) mass is 421 g/mol. The lowest BCUT2D eigenvalue weighted by Crippen LogP contribution is -2.32.